The number of H-pyrrole nitrogens is 1. The van der Waals surface area contributed by atoms with Crippen molar-refractivity contribution in [3.8, 4) is 5.75 Å². The van der Waals surface area contributed by atoms with E-state index in [0.717, 1.165) is 25.6 Å². The number of hydrogen-bond donors (Lipinski definition) is 32. The van der Waals surface area contributed by atoms with Gasteiger partial charge in [-0.25, -0.2) is 9.78 Å². The molecule has 19 amide bonds. The number of aliphatic carboxylic acids is 5. The number of phenolic OH excluding ortho intramolecular Hbond substituents is 1. The van der Waals surface area contributed by atoms with Gasteiger partial charge in [-0.15, -0.1) is 0 Å². The van der Waals surface area contributed by atoms with Gasteiger partial charge in [0.05, 0.1) is 69.4 Å². The lowest BCUT2D eigenvalue weighted by atomic mass is 9.97. The lowest BCUT2D eigenvalue weighted by molar-refractivity contribution is -0.144. The lowest BCUT2D eigenvalue weighted by Crippen LogP contribution is -2.62. The molecule has 33 N–H and O–H groups in total. The number of aliphatic hydroxyl groups is 3. The molecule has 0 spiro atoms. The molecule has 0 fully saturated rings. The molecule has 58 heteroatoms. The Labute approximate surface area is 871 Å². The van der Waals surface area contributed by atoms with E-state index < -0.39 is 352 Å². The molecule has 3 aromatic rings. The average Bonchev–Trinajstić information content (AvgIpc) is 1.66. The predicted octanol–water partition coefficient (Wildman–Crippen LogP) is -9.72. The summed E-state index contributed by atoms with van der Waals surface area (Å²) in [5.74, 6) is -32.1. The number of rotatable bonds is 70. The second kappa shape index (κ2) is 66.5. The van der Waals surface area contributed by atoms with Gasteiger partial charge in [0.15, 0.2) is 0 Å². The average molecular weight is 2160 g/mol. The highest BCUT2D eigenvalue weighted by Crippen LogP contribution is 2.18. The number of aromatic hydroxyl groups is 1. The number of thioether (sulfide) groups is 1. The molecule has 1 heterocycles. The Morgan fingerprint density at radius 1 is 0.393 bits per heavy atom. The Bertz CT molecular complexity index is 5100. The maximum absolute atomic E-state index is 14.4. The Morgan fingerprint density at radius 2 is 0.780 bits per heavy atom. The number of carboxylic acid groups (broad SMARTS) is 5. The predicted molar refractivity (Wildman–Crippen MR) is 533 cm³/mol. The number of thiol groups is 1. The molecule has 1 aromatic heterocycles. The van der Waals surface area contributed by atoms with Gasteiger partial charge in [0.25, 0.3) is 0 Å². The van der Waals surface area contributed by atoms with Crippen LogP contribution in [-0.4, -0.2) is 363 Å². The van der Waals surface area contributed by atoms with Crippen molar-refractivity contribution in [1.82, 2.24) is 111 Å². The first-order valence-corrected chi connectivity index (χ1v) is 49.7. The molecule has 0 bridgehead atoms. The Hall–Kier alpha value is -14.8. The lowest BCUT2D eigenvalue weighted by Gasteiger charge is -2.29. The number of benzene rings is 2. The first kappa shape index (κ1) is 129. The van der Waals surface area contributed by atoms with Gasteiger partial charge in [-0.1, -0.05) is 90.4 Å². The van der Waals surface area contributed by atoms with Crippen LogP contribution in [0.5, 0.6) is 5.75 Å². The van der Waals surface area contributed by atoms with Gasteiger partial charge < -0.3 is 163 Å². The van der Waals surface area contributed by atoms with Crippen molar-refractivity contribution < 1.29 is 161 Å². The first-order valence-electron chi connectivity index (χ1n) is 47.7. The third kappa shape index (κ3) is 47.2. The number of nitrogens with zero attached hydrogens (tertiary/aromatic N) is 1. The van der Waals surface area contributed by atoms with E-state index in [1.807, 2.05) is 0 Å². The molecule has 0 saturated heterocycles. The monoisotopic (exact) mass is 2160 g/mol. The van der Waals surface area contributed by atoms with Crippen molar-refractivity contribution in [2.75, 3.05) is 50.5 Å². The molecule has 0 aliphatic carbocycles. The molecule has 0 saturated carbocycles. The highest BCUT2D eigenvalue weighted by Gasteiger charge is 2.42. The van der Waals surface area contributed by atoms with E-state index in [1.165, 1.54) is 59.3 Å². The normalized spacial score (nSPS) is 15.1. The van der Waals surface area contributed by atoms with E-state index in [1.54, 1.807) is 62.6 Å². The summed E-state index contributed by atoms with van der Waals surface area (Å²) in [6, 6.07) is -15.1. The van der Waals surface area contributed by atoms with E-state index >= 15 is 0 Å². The number of amides is 19. The number of carboxylic acids is 5. The third-order valence-corrected chi connectivity index (χ3v) is 23.8. The van der Waals surface area contributed by atoms with Crippen LogP contribution in [0.1, 0.15) is 150 Å². The number of aliphatic hydroxyl groups excluding tert-OH is 3. The number of nitrogens with one attached hydrogen (secondary N) is 20. The zero-order valence-electron chi connectivity index (χ0n) is 84.2. The standard InChI is InChI=1S/C92H139N23O33S2/c1-11-45(6)73(113-76(131)46(7)100-77(132)53(94)31-50-20-22-52(119)23-21-50)90(145)105-56(25-27-68(125)126)82(137)115-75(48(9)118)91(146)108-58(32-49-17-13-12-14-18-49)79(134)97-37-65(121)102-62(40-116)86(141)114-74(47(8)117)87(142)98-38-64(120)101-54(19-15-16-29-93)78(133)96-39-66(122)111-71(43(2)3)89(144)112-72(44(4)5)88(143)109-59(33-51-36-95-42-99-51)83(138)106-61(35-70(129)130)85(140)107-60(34-69(127)128)84(139)104-57(28-30-150-10)81(136)103-55(24-26-67(123)124)80(135)110-63(41-149)92(147)148/h12-14,17-18,20-23,36,42-48,53-63,71-75,116-119,149H,11,15-16,19,24-35,37-41,93-94H2,1-10H3,(H,95,99)(H,96,133)(H,97,134)(H,98,142)(H,100,132)(H,101,120)(H,102,121)(H,103,136)(H,104,139)(H,105,145)(H,106,138)(H,107,140)(H,108,146)(H,109,143)(H,110,135)(H,111,122)(H,112,144)(H,113,131)(H,114,141)(H,115,137)(H,123,124)(H,125,126)(H,127,128)(H,129,130)(H,147,148)/t45-,46-,47+,48+,53-,54-,55-,56-,57-,58-,59-,60-,61-,62-,63-,71-,72-,73-,74-,75-/m0/s1. The van der Waals surface area contributed by atoms with E-state index in [-0.39, 0.29) is 62.3 Å². The molecule has 56 nitrogen and oxygen atoms in total. The molecule has 3 rings (SSSR count). The number of aromatic amines is 1. The maximum atomic E-state index is 14.4. The van der Waals surface area contributed by atoms with Crippen LogP contribution >= 0.6 is 24.4 Å². The van der Waals surface area contributed by atoms with Crippen LogP contribution in [0.3, 0.4) is 0 Å². The molecule has 0 aliphatic heterocycles. The van der Waals surface area contributed by atoms with Crippen LogP contribution in [0, 0.1) is 17.8 Å². The number of phenols is 1. The van der Waals surface area contributed by atoms with Crippen LogP contribution in [0.15, 0.2) is 67.1 Å². The van der Waals surface area contributed by atoms with Crippen LogP contribution in [-0.2, 0) is 134 Å². The van der Waals surface area contributed by atoms with Crippen molar-refractivity contribution in [2.45, 2.75) is 267 Å². The Kier molecular flexibility index (Phi) is 57.4. The van der Waals surface area contributed by atoms with Gasteiger partial charge in [-0.2, -0.15) is 24.4 Å². The molecule has 20 atom stereocenters. The van der Waals surface area contributed by atoms with E-state index in [9.17, 15) is 161 Å². The minimum atomic E-state index is -2.19. The maximum Gasteiger partial charge on any atom is 0.327 e. The molecule has 150 heavy (non-hydrogen) atoms. The van der Waals surface area contributed by atoms with Gasteiger partial charge in [0, 0.05) is 37.6 Å². The zero-order valence-corrected chi connectivity index (χ0v) is 85.9. The largest absolute Gasteiger partial charge is 0.508 e. The smallest absolute Gasteiger partial charge is 0.327 e. The summed E-state index contributed by atoms with van der Waals surface area (Å²) in [5, 5.41) is 134. The van der Waals surface area contributed by atoms with Gasteiger partial charge >= 0.3 is 29.8 Å². The molecule has 0 radical (unpaired) electrons. The van der Waals surface area contributed by atoms with Crippen LogP contribution in [0.25, 0.3) is 0 Å². The van der Waals surface area contributed by atoms with Crippen molar-refractivity contribution in [3.05, 3.63) is 83.9 Å². The summed E-state index contributed by atoms with van der Waals surface area (Å²) in [6.07, 6.45) is -5.20. The number of nitrogens with two attached hydrogens (primary N) is 2. The topological polar surface area (TPSA) is 901 Å². The molecule has 0 aliphatic rings. The first-order chi connectivity index (χ1) is 70.6. The van der Waals surface area contributed by atoms with Gasteiger partial charge in [0.2, 0.25) is 112 Å². The fourth-order valence-corrected chi connectivity index (χ4v) is 14.8. The van der Waals surface area contributed by atoms with E-state index in [4.69, 9.17) is 11.5 Å². The summed E-state index contributed by atoms with van der Waals surface area (Å²) in [7, 11) is 0. The minimum Gasteiger partial charge on any atom is -0.508 e. The number of carbonyl (C=O) groups excluding carboxylic acids is 19. The highest BCUT2D eigenvalue weighted by molar-refractivity contribution is 7.98. The van der Waals surface area contributed by atoms with Gasteiger partial charge in [-0.05, 0) is 125 Å². The van der Waals surface area contributed by atoms with Crippen molar-refractivity contribution in [3.63, 3.8) is 0 Å². The Morgan fingerprint density at radius 3 is 1.24 bits per heavy atom. The van der Waals surface area contributed by atoms with Gasteiger partial charge in [-0.3, -0.25) is 110 Å². The fourth-order valence-electron chi connectivity index (χ4n) is 14.1. The Balaban J connectivity index is 1.74. The van der Waals surface area contributed by atoms with Crippen molar-refractivity contribution in [1.29, 1.82) is 0 Å². The second-order valence-electron chi connectivity index (χ2n) is 35.7. The van der Waals surface area contributed by atoms with Gasteiger partial charge in [0.1, 0.15) is 102 Å². The third-order valence-electron chi connectivity index (χ3n) is 22.8. The van der Waals surface area contributed by atoms with Crippen LogP contribution in [0.4, 0.5) is 0 Å². The fraction of sp³-hybridized carbons (Fsp3) is 0.576. The van der Waals surface area contributed by atoms with E-state index in [2.05, 4.69) is 124 Å². The summed E-state index contributed by atoms with van der Waals surface area (Å²) >= 11 is 5.02. The summed E-state index contributed by atoms with van der Waals surface area (Å²) in [5.41, 5.74) is 12.9. The number of carbonyl (C=O) groups is 24. The zero-order chi connectivity index (χ0) is 113. The molecular formula is C92H139N23O33S2. The second-order valence-corrected chi connectivity index (χ2v) is 37.1. The number of hydrogen-bond acceptors (Lipinski definition) is 33. The summed E-state index contributed by atoms with van der Waals surface area (Å²) < 4.78 is 0. The number of aromatic nitrogens is 2. The molecular weight excluding hydrogens is 2020 g/mol. The molecule has 0 unspecified atom stereocenters. The number of unbranched alkanes of at least 4 members (excludes halogenated alkanes) is 1. The minimum absolute atomic E-state index is 0.0202. The molecule has 2 aromatic carbocycles. The van der Waals surface area contributed by atoms with Crippen LogP contribution < -0.4 is 112 Å². The highest BCUT2D eigenvalue weighted by atomic mass is 32.2. The SMILES string of the molecule is CC[C@H](C)[C@H](NC(=O)[C@H](C)NC(=O)[C@@H](N)Cc1ccc(O)cc1)C(=O)N[C@@H](CCC(=O)O)C(=O)N[C@H](C(=O)N[C@@H](Cc1ccccc1)C(=O)NCC(=O)N[C@@H](CO)C(=O)N[C@H](C(=O)NCC(=O)N[C@@H](CCCCN)C(=O)NCC(=O)N[C@H](C(=O)N[C@H](C(=O)N[C@@H](Cc1c[nH]cn1)C(=O)N[C@@H](CC(=O)O)C(=O)N[C@@H](CC(=O)O)C(=O)N[C@@H](CCSC)C(=O)N[C@@H](CCC(=O)O)C(=O)N[C@@H](CS)C(=O)O)C(C)C)C(C)C)[C@@H](C)O)[C@@H](C)O. The van der Waals surface area contributed by atoms with Crippen LogP contribution in [0.2, 0.25) is 0 Å². The molecule has 832 valence electrons. The number of imidazole rings is 1. The summed E-state index contributed by atoms with van der Waals surface area (Å²) in [4.78, 5) is 330. The van der Waals surface area contributed by atoms with Crippen molar-refractivity contribution >= 4 is 166 Å². The quantitative estimate of drug-likeness (QED) is 0.0184. The van der Waals surface area contributed by atoms with Crippen molar-refractivity contribution in [2.24, 2.45) is 29.2 Å². The summed E-state index contributed by atoms with van der Waals surface area (Å²) in [6.45, 7) is 8.66. The van der Waals surface area contributed by atoms with E-state index in [0.29, 0.717) is 17.5 Å².